The van der Waals surface area contributed by atoms with Crippen LogP contribution in [0.15, 0.2) is 48.7 Å². The van der Waals surface area contributed by atoms with Crippen molar-refractivity contribution in [3.05, 3.63) is 54.2 Å². The highest BCUT2D eigenvalue weighted by Crippen LogP contribution is 2.33. The van der Waals surface area contributed by atoms with Gasteiger partial charge < -0.3 is 24.7 Å². The maximum atomic E-state index is 12.6. The number of hydrogen-bond acceptors (Lipinski definition) is 5. The third-order valence-electron chi connectivity index (χ3n) is 5.18. The molecule has 154 valence electrons. The summed E-state index contributed by atoms with van der Waals surface area (Å²) >= 11 is 0. The number of methoxy groups -OCH3 is 2. The Hall–Kier alpha value is -3.81. The molecule has 30 heavy (non-hydrogen) atoms. The van der Waals surface area contributed by atoms with E-state index >= 15 is 0 Å². The average Bonchev–Trinajstić information content (AvgIpc) is 3.35. The average molecular weight is 407 g/mol. The molecule has 0 bridgehead atoms. The highest BCUT2D eigenvalue weighted by atomic mass is 16.5. The maximum Gasteiger partial charge on any atom is 0.292 e. The first-order valence-electron chi connectivity index (χ1n) is 9.45. The maximum absolute atomic E-state index is 12.6. The standard InChI is InChI=1S/C22H21N3O5/c1-29-18-8-7-14(10-19(18)30-2)25-12-13(9-20(25)26)24-22(28)21(27)16-11-23-17-6-4-3-5-15(16)17/h3-8,10-11,13,23H,9,12H2,1-2H3,(H,24,28)/t13-/m0/s1. The van der Waals surface area contributed by atoms with Crippen molar-refractivity contribution in [1.82, 2.24) is 10.3 Å². The molecular weight excluding hydrogens is 386 g/mol. The van der Waals surface area contributed by atoms with Gasteiger partial charge in [-0.15, -0.1) is 0 Å². The largest absolute Gasteiger partial charge is 0.493 e. The molecule has 2 amide bonds. The first-order valence-corrected chi connectivity index (χ1v) is 9.45. The van der Waals surface area contributed by atoms with Crippen molar-refractivity contribution in [3.8, 4) is 11.5 Å². The SMILES string of the molecule is COc1ccc(N2C[C@@H](NC(=O)C(=O)c3c[nH]c4ccccc34)CC2=O)cc1OC. The third kappa shape index (κ3) is 3.47. The fourth-order valence-electron chi connectivity index (χ4n) is 3.68. The number of benzene rings is 2. The summed E-state index contributed by atoms with van der Waals surface area (Å²) in [5, 5.41) is 3.38. The number of nitrogens with zero attached hydrogens (tertiary/aromatic N) is 1. The predicted molar refractivity (Wildman–Crippen MR) is 111 cm³/mol. The van der Waals surface area contributed by atoms with Gasteiger partial charge in [0.15, 0.2) is 11.5 Å². The topological polar surface area (TPSA) is 101 Å². The minimum absolute atomic E-state index is 0.112. The Morgan fingerprint density at radius 1 is 1.10 bits per heavy atom. The number of carbonyl (C=O) groups excluding carboxylic acids is 3. The molecule has 8 nitrogen and oxygen atoms in total. The van der Waals surface area contributed by atoms with Gasteiger partial charge in [0, 0.05) is 41.8 Å². The number of rotatable bonds is 6. The zero-order chi connectivity index (χ0) is 21.3. The Labute approximate surface area is 172 Å². The van der Waals surface area contributed by atoms with Gasteiger partial charge in [0.2, 0.25) is 5.91 Å². The molecule has 0 radical (unpaired) electrons. The van der Waals surface area contributed by atoms with Crippen LogP contribution in [0.2, 0.25) is 0 Å². The molecule has 0 spiro atoms. The number of aromatic nitrogens is 1. The van der Waals surface area contributed by atoms with Gasteiger partial charge >= 0.3 is 0 Å². The van der Waals surface area contributed by atoms with E-state index in [-0.39, 0.29) is 18.9 Å². The van der Waals surface area contributed by atoms with Crippen LogP contribution in [-0.4, -0.2) is 49.4 Å². The number of H-pyrrole nitrogens is 1. The second kappa shape index (κ2) is 7.90. The Balaban J connectivity index is 1.47. The van der Waals surface area contributed by atoms with E-state index in [4.69, 9.17) is 9.47 Å². The molecule has 1 fully saturated rings. The molecule has 1 atom stereocenters. The van der Waals surface area contributed by atoms with E-state index < -0.39 is 17.7 Å². The Morgan fingerprint density at radius 3 is 2.63 bits per heavy atom. The summed E-state index contributed by atoms with van der Waals surface area (Å²) in [4.78, 5) is 42.2. The number of ketones is 1. The first kappa shape index (κ1) is 19.5. The lowest BCUT2D eigenvalue weighted by atomic mass is 10.1. The van der Waals surface area contributed by atoms with Gasteiger partial charge in [0.1, 0.15) is 0 Å². The second-order valence-corrected chi connectivity index (χ2v) is 7.00. The van der Waals surface area contributed by atoms with Gasteiger partial charge in [-0.2, -0.15) is 0 Å². The monoisotopic (exact) mass is 407 g/mol. The van der Waals surface area contributed by atoms with Gasteiger partial charge in [0.05, 0.1) is 25.8 Å². The summed E-state index contributed by atoms with van der Waals surface area (Å²) < 4.78 is 10.5. The molecule has 2 N–H and O–H groups in total. The number of hydrogen-bond donors (Lipinski definition) is 2. The molecule has 1 aliphatic heterocycles. The first-order chi connectivity index (χ1) is 14.5. The smallest absolute Gasteiger partial charge is 0.292 e. The van der Waals surface area contributed by atoms with Gasteiger partial charge in [-0.1, -0.05) is 18.2 Å². The summed E-state index contributed by atoms with van der Waals surface area (Å²) in [5.41, 5.74) is 1.73. The van der Waals surface area contributed by atoms with Crippen LogP contribution in [0.25, 0.3) is 10.9 Å². The summed E-state index contributed by atoms with van der Waals surface area (Å²) in [6.07, 6.45) is 1.64. The van der Waals surface area contributed by atoms with Gasteiger partial charge in [0.25, 0.3) is 11.7 Å². The summed E-state index contributed by atoms with van der Waals surface area (Å²) in [6.45, 7) is 0.265. The van der Waals surface area contributed by atoms with Crippen molar-refractivity contribution in [2.75, 3.05) is 25.7 Å². The van der Waals surface area contributed by atoms with E-state index in [1.165, 1.54) is 20.4 Å². The normalized spacial score (nSPS) is 16.0. The van der Waals surface area contributed by atoms with Crippen LogP contribution in [0.3, 0.4) is 0 Å². The van der Waals surface area contributed by atoms with Gasteiger partial charge in [-0.25, -0.2) is 0 Å². The molecule has 1 aliphatic rings. The number of aromatic amines is 1. The van der Waals surface area contributed by atoms with Crippen LogP contribution < -0.4 is 19.7 Å². The highest BCUT2D eigenvalue weighted by molar-refractivity contribution is 6.45. The number of para-hydroxylation sites is 1. The van der Waals surface area contributed by atoms with Crippen LogP contribution in [-0.2, 0) is 9.59 Å². The van der Waals surface area contributed by atoms with Crippen LogP contribution >= 0.6 is 0 Å². The van der Waals surface area contributed by atoms with E-state index in [2.05, 4.69) is 10.3 Å². The Bertz CT molecular complexity index is 1140. The predicted octanol–water partition coefficient (Wildman–Crippen LogP) is 2.29. The molecule has 2 aromatic carbocycles. The van der Waals surface area contributed by atoms with Crippen LogP contribution in [0, 0.1) is 0 Å². The molecule has 1 aromatic heterocycles. The van der Waals surface area contributed by atoms with E-state index in [0.717, 1.165) is 5.52 Å². The molecule has 4 rings (SSSR count). The second-order valence-electron chi connectivity index (χ2n) is 7.00. The summed E-state index contributed by atoms with van der Waals surface area (Å²) in [6, 6.07) is 12.0. The minimum atomic E-state index is -0.730. The van der Waals surface area contributed by atoms with Crippen LogP contribution in [0.4, 0.5) is 5.69 Å². The molecular formula is C22H21N3O5. The lowest BCUT2D eigenvalue weighted by Gasteiger charge is -2.19. The fourth-order valence-corrected chi connectivity index (χ4v) is 3.68. The summed E-state index contributed by atoms with van der Waals surface area (Å²) in [7, 11) is 3.06. The summed E-state index contributed by atoms with van der Waals surface area (Å²) in [5.74, 6) is -0.449. The van der Waals surface area contributed by atoms with Crippen molar-refractivity contribution in [2.24, 2.45) is 0 Å². The zero-order valence-electron chi connectivity index (χ0n) is 16.6. The van der Waals surface area contributed by atoms with Crippen LogP contribution in [0.1, 0.15) is 16.8 Å². The molecule has 1 saturated heterocycles. The number of Topliss-reactive ketones (excluding diaryl/α,β-unsaturated/α-hetero) is 1. The van der Waals surface area contributed by atoms with Crippen LogP contribution in [0.5, 0.6) is 11.5 Å². The number of amides is 2. The number of nitrogens with one attached hydrogen (secondary N) is 2. The lowest BCUT2D eigenvalue weighted by Crippen LogP contribution is -2.40. The molecule has 2 heterocycles. The van der Waals surface area contributed by atoms with Crippen molar-refractivity contribution in [2.45, 2.75) is 12.5 Å². The number of carbonyl (C=O) groups is 3. The molecule has 3 aromatic rings. The number of anilines is 1. The lowest BCUT2D eigenvalue weighted by molar-refractivity contribution is -0.118. The van der Waals surface area contributed by atoms with Crippen molar-refractivity contribution in [1.29, 1.82) is 0 Å². The minimum Gasteiger partial charge on any atom is -0.493 e. The van der Waals surface area contributed by atoms with Crippen molar-refractivity contribution >= 4 is 34.2 Å². The quantitative estimate of drug-likeness (QED) is 0.482. The van der Waals surface area contributed by atoms with E-state index in [1.807, 2.05) is 18.2 Å². The zero-order valence-corrected chi connectivity index (χ0v) is 16.6. The number of fused-ring (bicyclic) bond motifs is 1. The van der Waals surface area contributed by atoms with Crippen molar-refractivity contribution < 1.29 is 23.9 Å². The van der Waals surface area contributed by atoms with Crippen molar-refractivity contribution in [3.63, 3.8) is 0 Å². The number of ether oxygens (including phenoxy) is 2. The molecule has 0 unspecified atom stereocenters. The highest BCUT2D eigenvalue weighted by Gasteiger charge is 2.33. The van der Waals surface area contributed by atoms with E-state index in [9.17, 15) is 14.4 Å². The fraction of sp³-hybridized carbons (Fsp3) is 0.227. The van der Waals surface area contributed by atoms with Gasteiger partial charge in [-0.05, 0) is 18.2 Å². The van der Waals surface area contributed by atoms with Gasteiger partial charge in [-0.3, -0.25) is 14.4 Å². The Kier molecular flexibility index (Phi) is 5.14. The van der Waals surface area contributed by atoms with E-state index in [1.54, 1.807) is 29.2 Å². The molecule has 8 heteroatoms. The molecule has 0 aliphatic carbocycles. The Morgan fingerprint density at radius 2 is 1.87 bits per heavy atom. The van der Waals surface area contributed by atoms with E-state index in [0.29, 0.717) is 28.1 Å². The third-order valence-corrected chi connectivity index (χ3v) is 5.18. The molecule has 0 saturated carbocycles.